The molecule has 0 unspecified atom stereocenters. The van der Waals surface area contributed by atoms with Crippen LogP contribution >= 0.6 is 0 Å². The van der Waals surface area contributed by atoms with Gasteiger partial charge in [-0.25, -0.2) is 0 Å². The van der Waals surface area contributed by atoms with E-state index in [9.17, 15) is 9.59 Å². The molecule has 0 aliphatic rings. The number of carbonyl (C=O) groups is 2. The van der Waals surface area contributed by atoms with Crippen LogP contribution in [0.15, 0.2) is 48.5 Å². The molecule has 6 heteroatoms. The Morgan fingerprint density at radius 2 is 1.36 bits per heavy atom. The lowest BCUT2D eigenvalue weighted by Gasteiger charge is -2.20. The van der Waals surface area contributed by atoms with Crippen molar-refractivity contribution < 1.29 is 14.0 Å². The largest absolute Gasteiger partial charge is 0.420 e. The standard InChI is InChI=1S/C19H24N2O3Si/c1-4-24-25-19(20-17(22)15-11-7-5-9-13(15)2)21-18(23)16-12-8-6-10-14(16)3/h5-12,19H,4,25H2,1-3H3,(H,20,22)(H,21,23). The molecule has 25 heavy (non-hydrogen) atoms. The van der Waals surface area contributed by atoms with E-state index < -0.39 is 15.6 Å². The third kappa shape index (κ3) is 5.27. The third-order valence-corrected chi connectivity index (χ3v) is 5.26. The summed E-state index contributed by atoms with van der Waals surface area (Å²) in [6.45, 7) is 6.23. The lowest BCUT2D eigenvalue weighted by Crippen LogP contribution is -2.52. The van der Waals surface area contributed by atoms with E-state index in [-0.39, 0.29) is 11.8 Å². The lowest BCUT2D eigenvalue weighted by molar-refractivity contribution is 0.0902. The molecule has 0 spiro atoms. The average Bonchev–Trinajstić information content (AvgIpc) is 2.60. The van der Waals surface area contributed by atoms with Crippen molar-refractivity contribution in [2.75, 3.05) is 6.61 Å². The maximum Gasteiger partial charge on any atom is 0.252 e. The van der Waals surface area contributed by atoms with Gasteiger partial charge in [0.1, 0.15) is 5.79 Å². The van der Waals surface area contributed by atoms with Crippen LogP contribution in [0.1, 0.15) is 38.8 Å². The van der Waals surface area contributed by atoms with Gasteiger partial charge >= 0.3 is 0 Å². The van der Waals surface area contributed by atoms with E-state index >= 15 is 0 Å². The van der Waals surface area contributed by atoms with Gasteiger partial charge in [0, 0.05) is 17.7 Å². The number of aryl methyl sites for hydroxylation is 2. The molecule has 0 aliphatic heterocycles. The van der Waals surface area contributed by atoms with Gasteiger partial charge in [0.2, 0.25) is 9.76 Å². The van der Waals surface area contributed by atoms with Gasteiger partial charge in [0.05, 0.1) is 0 Å². The number of carbonyl (C=O) groups excluding carboxylic acids is 2. The van der Waals surface area contributed by atoms with Gasteiger partial charge < -0.3 is 15.1 Å². The molecule has 132 valence electrons. The van der Waals surface area contributed by atoms with Crippen LogP contribution in [0.2, 0.25) is 0 Å². The van der Waals surface area contributed by atoms with Gasteiger partial charge in [-0.3, -0.25) is 9.59 Å². The van der Waals surface area contributed by atoms with Crippen molar-refractivity contribution in [2.24, 2.45) is 0 Å². The van der Waals surface area contributed by atoms with E-state index in [4.69, 9.17) is 4.43 Å². The van der Waals surface area contributed by atoms with Gasteiger partial charge in [-0.15, -0.1) is 0 Å². The summed E-state index contributed by atoms with van der Waals surface area (Å²) in [5.41, 5.74) is 2.98. The summed E-state index contributed by atoms with van der Waals surface area (Å²) in [5, 5.41) is 5.79. The molecule has 2 aromatic carbocycles. The van der Waals surface area contributed by atoms with Crippen LogP contribution in [-0.4, -0.2) is 34.0 Å². The van der Waals surface area contributed by atoms with Crippen LogP contribution in [-0.2, 0) is 4.43 Å². The van der Waals surface area contributed by atoms with Crippen molar-refractivity contribution in [1.82, 2.24) is 10.6 Å². The highest BCUT2D eigenvalue weighted by Crippen LogP contribution is 2.08. The number of rotatable bonds is 7. The van der Waals surface area contributed by atoms with Gasteiger partial charge in [-0.2, -0.15) is 0 Å². The van der Waals surface area contributed by atoms with E-state index in [1.807, 2.05) is 57.2 Å². The van der Waals surface area contributed by atoms with Gasteiger partial charge in [-0.05, 0) is 44.0 Å². The topological polar surface area (TPSA) is 67.4 Å². The summed E-state index contributed by atoms with van der Waals surface area (Å²) in [5.74, 6) is -0.889. The molecule has 0 bridgehead atoms. The van der Waals surface area contributed by atoms with E-state index in [0.717, 1.165) is 11.1 Å². The fraction of sp³-hybridized carbons (Fsp3) is 0.263. The monoisotopic (exact) mass is 356 g/mol. The minimum Gasteiger partial charge on any atom is -0.420 e. The highest BCUT2D eigenvalue weighted by Gasteiger charge is 2.19. The minimum atomic E-state index is -1.16. The molecule has 0 radical (unpaired) electrons. The van der Waals surface area contributed by atoms with Gasteiger partial charge in [-0.1, -0.05) is 36.4 Å². The second kappa shape index (κ2) is 9.15. The average molecular weight is 356 g/mol. The molecule has 0 atom stereocenters. The van der Waals surface area contributed by atoms with Crippen LogP contribution in [0.3, 0.4) is 0 Å². The third-order valence-electron chi connectivity index (χ3n) is 3.88. The van der Waals surface area contributed by atoms with Gasteiger partial charge in [0.25, 0.3) is 11.8 Å². The molecule has 2 aromatic rings. The first-order valence-corrected chi connectivity index (χ1v) is 9.73. The summed E-state index contributed by atoms with van der Waals surface area (Å²) in [7, 11) is -1.16. The molecule has 0 heterocycles. The van der Waals surface area contributed by atoms with Crippen molar-refractivity contribution in [3.05, 3.63) is 70.8 Å². The van der Waals surface area contributed by atoms with Crippen LogP contribution in [0.5, 0.6) is 0 Å². The van der Waals surface area contributed by atoms with Crippen molar-refractivity contribution >= 4 is 21.6 Å². The number of amides is 2. The van der Waals surface area contributed by atoms with E-state index in [1.54, 1.807) is 12.1 Å². The zero-order chi connectivity index (χ0) is 18.2. The molecule has 2 amide bonds. The lowest BCUT2D eigenvalue weighted by atomic mass is 10.1. The number of benzene rings is 2. The summed E-state index contributed by atoms with van der Waals surface area (Å²) >= 11 is 0. The Labute approximate surface area is 150 Å². The summed E-state index contributed by atoms with van der Waals surface area (Å²) in [6, 6.07) is 14.7. The molecule has 0 saturated heterocycles. The number of nitrogens with one attached hydrogen (secondary N) is 2. The molecule has 2 rings (SSSR count). The molecule has 0 aliphatic carbocycles. The minimum absolute atomic E-state index is 0.208. The van der Waals surface area contributed by atoms with Crippen LogP contribution in [0.25, 0.3) is 0 Å². The fourth-order valence-electron chi connectivity index (χ4n) is 2.48. The normalized spacial score (nSPS) is 11.0. The Balaban J connectivity index is 2.11. The van der Waals surface area contributed by atoms with Crippen molar-refractivity contribution in [2.45, 2.75) is 26.6 Å². The highest BCUT2D eigenvalue weighted by molar-refractivity contribution is 6.31. The second-order valence-electron chi connectivity index (χ2n) is 5.79. The molecule has 0 saturated carbocycles. The first-order chi connectivity index (χ1) is 12.0. The van der Waals surface area contributed by atoms with E-state index in [0.29, 0.717) is 17.7 Å². The zero-order valence-corrected chi connectivity index (χ0v) is 16.2. The predicted molar refractivity (Wildman–Crippen MR) is 101 cm³/mol. The Kier molecular flexibility index (Phi) is 6.91. The summed E-state index contributed by atoms with van der Waals surface area (Å²) in [4.78, 5) is 25.1. The Hall–Kier alpha value is -2.44. The maximum absolute atomic E-state index is 12.5. The van der Waals surface area contributed by atoms with Crippen molar-refractivity contribution in [1.29, 1.82) is 0 Å². The molecule has 2 N–H and O–H groups in total. The second-order valence-corrected chi connectivity index (χ2v) is 7.35. The zero-order valence-electron chi connectivity index (χ0n) is 14.8. The SMILES string of the molecule is CCO[SiH2]C(NC(=O)c1ccccc1C)NC(=O)c1ccccc1C. The Bertz CT molecular complexity index is 689. The predicted octanol–water partition coefficient (Wildman–Crippen LogP) is 1.87. The fourth-order valence-corrected chi connectivity index (χ4v) is 3.49. The van der Waals surface area contributed by atoms with Crippen molar-refractivity contribution in [3.63, 3.8) is 0 Å². The molecule has 0 fully saturated rings. The summed E-state index contributed by atoms with van der Waals surface area (Å²) in [6.07, 6.45) is 0. The molecule has 5 nitrogen and oxygen atoms in total. The van der Waals surface area contributed by atoms with Crippen LogP contribution < -0.4 is 10.6 Å². The van der Waals surface area contributed by atoms with E-state index in [1.165, 1.54) is 0 Å². The first-order valence-electron chi connectivity index (χ1n) is 8.33. The maximum atomic E-state index is 12.5. The quantitative estimate of drug-likeness (QED) is 0.588. The molecule has 0 aromatic heterocycles. The van der Waals surface area contributed by atoms with Crippen molar-refractivity contribution in [3.8, 4) is 0 Å². The Morgan fingerprint density at radius 1 is 0.920 bits per heavy atom. The molecular formula is C19H24N2O3Si. The Morgan fingerprint density at radius 3 is 1.76 bits per heavy atom. The van der Waals surface area contributed by atoms with Crippen LogP contribution in [0, 0.1) is 13.8 Å². The smallest absolute Gasteiger partial charge is 0.252 e. The first kappa shape index (κ1) is 18.9. The highest BCUT2D eigenvalue weighted by atomic mass is 28.2. The number of hydrogen-bond donors (Lipinski definition) is 2. The summed E-state index contributed by atoms with van der Waals surface area (Å²) < 4.78 is 5.54. The van der Waals surface area contributed by atoms with Crippen LogP contribution in [0.4, 0.5) is 0 Å². The van der Waals surface area contributed by atoms with E-state index in [2.05, 4.69) is 10.6 Å². The molecular weight excluding hydrogens is 332 g/mol. The number of hydrogen-bond acceptors (Lipinski definition) is 3. The van der Waals surface area contributed by atoms with Gasteiger partial charge in [0.15, 0.2) is 0 Å².